The number of aliphatic hydroxyl groups excluding tert-OH is 1. The zero-order chi connectivity index (χ0) is 16.1. The highest BCUT2D eigenvalue weighted by molar-refractivity contribution is 7.13. The summed E-state index contributed by atoms with van der Waals surface area (Å²) in [6, 6.07) is 9.97. The van der Waals surface area contributed by atoms with Crippen LogP contribution in [0.1, 0.15) is 45.2 Å². The first kappa shape index (κ1) is 16.6. The van der Waals surface area contributed by atoms with Crippen LogP contribution in [0.25, 0.3) is 0 Å². The molecule has 2 N–H and O–H groups in total. The third kappa shape index (κ3) is 4.39. The molecular weight excluding hydrogens is 296 g/mol. The van der Waals surface area contributed by atoms with Crippen LogP contribution in [0.5, 0.6) is 0 Å². The number of rotatable bonds is 6. The molecule has 2 unspecified atom stereocenters. The van der Waals surface area contributed by atoms with Crippen molar-refractivity contribution >= 4 is 17.2 Å². The number of carbonyl (C=O) groups excluding carboxylic acids is 1. The van der Waals surface area contributed by atoms with E-state index in [1.165, 1.54) is 11.3 Å². The van der Waals surface area contributed by atoms with Crippen molar-refractivity contribution in [3.05, 3.63) is 51.5 Å². The first-order chi connectivity index (χ1) is 10.5. The summed E-state index contributed by atoms with van der Waals surface area (Å²) in [5, 5.41) is 13.6. The summed E-state index contributed by atoms with van der Waals surface area (Å²) < 4.78 is 0. The van der Waals surface area contributed by atoms with E-state index in [0.29, 0.717) is 17.8 Å². The number of aliphatic hydroxyl groups is 1. The van der Waals surface area contributed by atoms with Crippen molar-refractivity contribution in [3.8, 4) is 0 Å². The lowest BCUT2D eigenvalue weighted by Crippen LogP contribution is -2.29. The summed E-state index contributed by atoms with van der Waals surface area (Å²) in [6.07, 6.45) is 0.208. The van der Waals surface area contributed by atoms with Gasteiger partial charge < -0.3 is 10.4 Å². The molecule has 0 aliphatic heterocycles. The van der Waals surface area contributed by atoms with E-state index in [1.807, 2.05) is 44.2 Å². The van der Waals surface area contributed by atoms with Gasteiger partial charge in [-0.25, -0.2) is 4.98 Å². The van der Waals surface area contributed by atoms with Crippen LogP contribution in [0.15, 0.2) is 30.3 Å². The first-order valence-electron chi connectivity index (χ1n) is 7.42. The van der Waals surface area contributed by atoms with E-state index in [9.17, 15) is 9.90 Å². The highest BCUT2D eigenvalue weighted by Crippen LogP contribution is 2.21. The molecule has 0 saturated carbocycles. The maximum atomic E-state index is 12.3. The van der Waals surface area contributed by atoms with E-state index < -0.39 is 6.10 Å². The van der Waals surface area contributed by atoms with E-state index in [-0.39, 0.29) is 11.8 Å². The molecule has 2 atom stereocenters. The fourth-order valence-electron chi connectivity index (χ4n) is 2.51. The summed E-state index contributed by atoms with van der Waals surface area (Å²) in [5.74, 6) is 0.00842. The van der Waals surface area contributed by atoms with Crippen molar-refractivity contribution in [3.63, 3.8) is 0 Å². The Morgan fingerprint density at radius 3 is 2.55 bits per heavy atom. The van der Waals surface area contributed by atoms with Crippen LogP contribution in [0.2, 0.25) is 0 Å². The first-order valence-corrected chi connectivity index (χ1v) is 8.24. The van der Waals surface area contributed by atoms with Gasteiger partial charge in [0.05, 0.1) is 16.8 Å². The summed E-state index contributed by atoms with van der Waals surface area (Å²) in [6.45, 7) is 6.02. The Morgan fingerprint density at radius 1 is 1.32 bits per heavy atom. The minimum Gasteiger partial charge on any atom is -0.393 e. The fraction of sp³-hybridized carbons (Fsp3) is 0.412. The molecule has 0 aliphatic carbocycles. The van der Waals surface area contributed by atoms with Gasteiger partial charge in [-0.05, 0) is 32.8 Å². The van der Waals surface area contributed by atoms with Gasteiger partial charge in [-0.1, -0.05) is 30.3 Å². The number of nitrogens with zero attached hydrogens (tertiary/aromatic N) is 1. The predicted molar refractivity (Wildman–Crippen MR) is 89.4 cm³/mol. The highest BCUT2D eigenvalue weighted by atomic mass is 32.1. The van der Waals surface area contributed by atoms with Crippen LogP contribution in [0.4, 0.5) is 0 Å². The van der Waals surface area contributed by atoms with E-state index in [0.717, 1.165) is 16.3 Å². The molecule has 4 nitrogen and oxygen atoms in total. The molecule has 22 heavy (non-hydrogen) atoms. The standard InChI is InChI=1S/C17H22N2O2S/c1-11(20)9-15(14-7-5-4-6-8-14)10-18-17(21)16-12(2)19-13(3)22-16/h4-8,11,15,20H,9-10H2,1-3H3,(H,18,21). The van der Waals surface area contributed by atoms with E-state index in [2.05, 4.69) is 10.3 Å². The number of hydrogen-bond acceptors (Lipinski definition) is 4. The SMILES string of the molecule is Cc1nc(C)c(C(=O)NCC(CC(C)O)c2ccccc2)s1. The predicted octanol–water partition coefficient (Wildman–Crippen LogP) is 3.04. The van der Waals surface area contributed by atoms with Gasteiger partial charge in [0.25, 0.3) is 5.91 Å². The van der Waals surface area contributed by atoms with Crippen molar-refractivity contribution in [1.29, 1.82) is 0 Å². The number of nitrogens with one attached hydrogen (secondary N) is 1. The number of thiazole rings is 1. The van der Waals surface area contributed by atoms with Gasteiger partial charge in [0.1, 0.15) is 4.88 Å². The number of amides is 1. The summed E-state index contributed by atoms with van der Waals surface area (Å²) in [4.78, 5) is 17.2. The summed E-state index contributed by atoms with van der Waals surface area (Å²) in [7, 11) is 0. The van der Waals surface area contributed by atoms with E-state index >= 15 is 0 Å². The number of benzene rings is 1. The number of aryl methyl sites for hydroxylation is 2. The van der Waals surface area contributed by atoms with Gasteiger partial charge in [-0.2, -0.15) is 0 Å². The lowest BCUT2D eigenvalue weighted by molar-refractivity contribution is 0.0949. The average Bonchev–Trinajstić information content (AvgIpc) is 2.82. The topological polar surface area (TPSA) is 62.2 Å². The quantitative estimate of drug-likeness (QED) is 0.860. The van der Waals surface area contributed by atoms with Gasteiger partial charge in [0, 0.05) is 12.5 Å². The molecule has 118 valence electrons. The molecule has 0 bridgehead atoms. The third-order valence-electron chi connectivity index (χ3n) is 3.52. The van der Waals surface area contributed by atoms with Gasteiger partial charge in [-0.3, -0.25) is 4.79 Å². The third-order valence-corrected chi connectivity index (χ3v) is 4.59. The van der Waals surface area contributed by atoms with Crippen molar-refractivity contribution < 1.29 is 9.90 Å². The van der Waals surface area contributed by atoms with E-state index in [4.69, 9.17) is 0 Å². The van der Waals surface area contributed by atoms with Crippen molar-refractivity contribution in [2.75, 3.05) is 6.54 Å². The van der Waals surface area contributed by atoms with Crippen LogP contribution >= 0.6 is 11.3 Å². The Kier molecular flexibility index (Phi) is 5.69. The Labute approximate surface area is 135 Å². The molecule has 1 heterocycles. The van der Waals surface area contributed by atoms with Crippen molar-refractivity contribution in [2.45, 2.75) is 39.2 Å². The number of aromatic nitrogens is 1. The van der Waals surface area contributed by atoms with Crippen molar-refractivity contribution in [2.24, 2.45) is 0 Å². The second-order valence-corrected chi connectivity index (χ2v) is 6.75. The average molecular weight is 318 g/mol. The number of hydrogen-bond donors (Lipinski definition) is 2. The minimum atomic E-state index is -0.408. The van der Waals surface area contributed by atoms with Crippen LogP contribution in [-0.4, -0.2) is 28.6 Å². The van der Waals surface area contributed by atoms with Crippen LogP contribution < -0.4 is 5.32 Å². The summed E-state index contributed by atoms with van der Waals surface area (Å²) in [5.41, 5.74) is 1.90. The van der Waals surface area contributed by atoms with Gasteiger partial charge >= 0.3 is 0 Å². The van der Waals surface area contributed by atoms with Crippen molar-refractivity contribution in [1.82, 2.24) is 10.3 Å². The Hall–Kier alpha value is -1.72. The van der Waals surface area contributed by atoms with Crippen LogP contribution in [-0.2, 0) is 0 Å². The highest BCUT2D eigenvalue weighted by Gasteiger charge is 2.18. The molecule has 0 fully saturated rings. The maximum absolute atomic E-state index is 12.3. The smallest absolute Gasteiger partial charge is 0.263 e. The molecule has 0 saturated heterocycles. The minimum absolute atomic E-state index is 0.0883. The molecule has 5 heteroatoms. The maximum Gasteiger partial charge on any atom is 0.263 e. The molecule has 1 aromatic heterocycles. The molecule has 1 amide bonds. The monoisotopic (exact) mass is 318 g/mol. The van der Waals surface area contributed by atoms with E-state index in [1.54, 1.807) is 6.92 Å². The fourth-order valence-corrected chi connectivity index (χ4v) is 3.35. The van der Waals surface area contributed by atoms with Gasteiger partial charge in [0.2, 0.25) is 0 Å². The van der Waals surface area contributed by atoms with Gasteiger partial charge in [-0.15, -0.1) is 11.3 Å². The Balaban J connectivity index is 2.05. The largest absolute Gasteiger partial charge is 0.393 e. The second kappa shape index (κ2) is 7.51. The summed E-state index contributed by atoms with van der Waals surface area (Å²) >= 11 is 1.41. The Morgan fingerprint density at radius 2 is 2.00 bits per heavy atom. The Bertz CT molecular complexity index is 623. The lowest BCUT2D eigenvalue weighted by atomic mass is 9.93. The molecule has 2 rings (SSSR count). The normalized spacial score (nSPS) is 13.6. The van der Waals surface area contributed by atoms with Crippen LogP contribution in [0.3, 0.4) is 0 Å². The molecule has 0 spiro atoms. The lowest BCUT2D eigenvalue weighted by Gasteiger charge is -2.19. The molecule has 0 aliphatic rings. The molecular formula is C17H22N2O2S. The molecule has 0 radical (unpaired) electrons. The molecule has 2 aromatic rings. The zero-order valence-electron chi connectivity index (χ0n) is 13.2. The van der Waals surface area contributed by atoms with Gasteiger partial charge in [0.15, 0.2) is 0 Å². The van der Waals surface area contributed by atoms with Crippen LogP contribution in [0, 0.1) is 13.8 Å². The second-order valence-electron chi connectivity index (χ2n) is 5.55. The zero-order valence-corrected chi connectivity index (χ0v) is 14.0. The number of carbonyl (C=O) groups is 1. The molecule has 1 aromatic carbocycles.